The highest BCUT2D eigenvalue weighted by Crippen LogP contribution is 2.06. The lowest BCUT2D eigenvalue weighted by atomic mass is 10.2. The van der Waals surface area contributed by atoms with E-state index in [1.54, 1.807) is 14.0 Å². The number of nitrogens with two attached hydrogens (primary N) is 1. The van der Waals surface area contributed by atoms with Crippen molar-refractivity contribution < 1.29 is 4.79 Å². The molecule has 6 heteroatoms. The monoisotopic (exact) mass is 219 g/mol. The molecule has 1 heterocycles. The number of anilines is 1. The van der Waals surface area contributed by atoms with Gasteiger partial charge in [-0.15, -0.1) is 10.2 Å². The first-order valence-corrected chi connectivity index (χ1v) is 4.79. The Balaban J connectivity index is 2.78. The zero-order chi connectivity index (χ0) is 12.1. The lowest BCUT2D eigenvalue weighted by molar-refractivity contribution is 0.0739. The summed E-state index contributed by atoms with van der Waals surface area (Å²) in [5, 5.41) is 15.8. The molecule has 0 saturated carbocycles. The van der Waals surface area contributed by atoms with Crippen LogP contribution in [0.25, 0.3) is 0 Å². The van der Waals surface area contributed by atoms with Crippen molar-refractivity contribution in [1.82, 2.24) is 15.1 Å². The highest BCUT2D eigenvalue weighted by atomic mass is 16.2. The number of carbonyl (C=O) groups excluding carboxylic acids is 1. The van der Waals surface area contributed by atoms with Gasteiger partial charge in [-0.25, -0.2) is 0 Å². The highest BCUT2D eigenvalue weighted by molar-refractivity contribution is 5.92. The molecular formula is C10H13N5O. The van der Waals surface area contributed by atoms with Crippen LogP contribution in [0.2, 0.25) is 0 Å². The predicted octanol–water partition coefficient (Wildman–Crippen LogP) is 0.433. The molecule has 0 aliphatic rings. The van der Waals surface area contributed by atoms with Gasteiger partial charge >= 0.3 is 0 Å². The molecule has 16 heavy (non-hydrogen) atoms. The Morgan fingerprint density at radius 1 is 1.62 bits per heavy atom. The lowest BCUT2D eigenvalue weighted by Crippen LogP contribution is -2.35. The molecule has 0 aromatic carbocycles. The number of rotatable bonds is 3. The number of aromatic nitrogens is 2. The summed E-state index contributed by atoms with van der Waals surface area (Å²) >= 11 is 0. The van der Waals surface area contributed by atoms with Crippen molar-refractivity contribution >= 4 is 11.7 Å². The average molecular weight is 219 g/mol. The zero-order valence-corrected chi connectivity index (χ0v) is 9.21. The molecular weight excluding hydrogens is 206 g/mol. The van der Waals surface area contributed by atoms with Crippen molar-refractivity contribution in [2.75, 3.05) is 12.8 Å². The van der Waals surface area contributed by atoms with Crippen LogP contribution in [0, 0.1) is 11.3 Å². The number of hydrogen-bond donors (Lipinski definition) is 1. The molecule has 84 valence electrons. The van der Waals surface area contributed by atoms with Gasteiger partial charge in [0, 0.05) is 13.1 Å². The summed E-state index contributed by atoms with van der Waals surface area (Å²) in [5.74, 6) is -0.000439. The summed E-state index contributed by atoms with van der Waals surface area (Å²) < 4.78 is 0. The summed E-state index contributed by atoms with van der Waals surface area (Å²) in [5.41, 5.74) is 5.59. The van der Waals surface area contributed by atoms with Crippen LogP contribution >= 0.6 is 0 Å². The summed E-state index contributed by atoms with van der Waals surface area (Å²) in [7, 11) is 1.63. The molecule has 6 nitrogen and oxygen atoms in total. The molecule has 1 aromatic rings. The van der Waals surface area contributed by atoms with E-state index in [9.17, 15) is 4.79 Å². The minimum absolute atomic E-state index is 0.156. The van der Waals surface area contributed by atoms with Gasteiger partial charge in [-0.3, -0.25) is 4.79 Å². The third-order valence-corrected chi connectivity index (χ3v) is 2.27. The first-order chi connectivity index (χ1) is 7.56. The van der Waals surface area contributed by atoms with Gasteiger partial charge in [0.1, 0.15) is 5.82 Å². The van der Waals surface area contributed by atoms with E-state index >= 15 is 0 Å². The molecule has 2 N–H and O–H groups in total. The summed E-state index contributed by atoms with van der Waals surface area (Å²) in [6, 6.07) is 4.89. The normalized spacial score (nSPS) is 11.6. The van der Waals surface area contributed by atoms with Crippen LogP contribution in [-0.2, 0) is 0 Å². The van der Waals surface area contributed by atoms with Crippen molar-refractivity contribution in [2.24, 2.45) is 0 Å². The quantitative estimate of drug-likeness (QED) is 0.795. The fourth-order valence-corrected chi connectivity index (χ4v) is 1.11. The second-order valence-electron chi connectivity index (χ2n) is 3.47. The van der Waals surface area contributed by atoms with Crippen molar-refractivity contribution in [3.8, 4) is 6.07 Å². The van der Waals surface area contributed by atoms with Gasteiger partial charge < -0.3 is 10.6 Å². The number of amides is 1. The van der Waals surface area contributed by atoms with E-state index in [2.05, 4.69) is 10.2 Å². The average Bonchev–Trinajstić information content (AvgIpc) is 2.28. The van der Waals surface area contributed by atoms with E-state index in [4.69, 9.17) is 11.0 Å². The van der Waals surface area contributed by atoms with Crippen LogP contribution in [0.15, 0.2) is 12.1 Å². The van der Waals surface area contributed by atoms with Gasteiger partial charge in [0.15, 0.2) is 5.69 Å². The van der Waals surface area contributed by atoms with Crippen LogP contribution < -0.4 is 5.73 Å². The second kappa shape index (κ2) is 5.07. The maximum absolute atomic E-state index is 11.8. The van der Waals surface area contributed by atoms with E-state index in [-0.39, 0.29) is 29.9 Å². The van der Waals surface area contributed by atoms with Crippen LogP contribution in [0.1, 0.15) is 23.8 Å². The molecule has 0 fully saturated rings. The first-order valence-electron chi connectivity index (χ1n) is 4.79. The molecule has 1 rings (SSSR count). The van der Waals surface area contributed by atoms with Gasteiger partial charge in [0.2, 0.25) is 0 Å². The van der Waals surface area contributed by atoms with Crippen molar-refractivity contribution in [3.63, 3.8) is 0 Å². The van der Waals surface area contributed by atoms with Crippen LogP contribution in [0.5, 0.6) is 0 Å². The molecule has 0 aliphatic carbocycles. The van der Waals surface area contributed by atoms with Gasteiger partial charge in [-0.1, -0.05) is 0 Å². The Morgan fingerprint density at radius 2 is 2.31 bits per heavy atom. The molecule has 1 aromatic heterocycles. The fourth-order valence-electron chi connectivity index (χ4n) is 1.11. The first kappa shape index (κ1) is 11.9. The Morgan fingerprint density at radius 3 is 2.81 bits per heavy atom. The largest absolute Gasteiger partial charge is 0.382 e. The topological polar surface area (TPSA) is 95.9 Å². The molecule has 1 unspecified atom stereocenters. The summed E-state index contributed by atoms with van der Waals surface area (Å²) in [6.07, 6.45) is 0.282. The third kappa shape index (κ3) is 2.67. The van der Waals surface area contributed by atoms with E-state index in [1.165, 1.54) is 17.0 Å². The van der Waals surface area contributed by atoms with E-state index in [1.807, 2.05) is 6.07 Å². The molecule has 0 bridgehead atoms. The number of carbonyl (C=O) groups is 1. The maximum Gasteiger partial charge on any atom is 0.274 e. The van der Waals surface area contributed by atoms with Gasteiger partial charge in [0.05, 0.1) is 12.5 Å². The zero-order valence-electron chi connectivity index (χ0n) is 9.21. The predicted molar refractivity (Wildman–Crippen MR) is 58.2 cm³/mol. The van der Waals surface area contributed by atoms with Crippen LogP contribution in [0.3, 0.4) is 0 Å². The van der Waals surface area contributed by atoms with Crippen molar-refractivity contribution in [1.29, 1.82) is 5.26 Å². The molecule has 0 spiro atoms. The van der Waals surface area contributed by atoms with Crippen LogP contribution in [0.4, 0.5) is 5.82 Å². The standard InChI is InChI=1S/C10H13N5O/c1-7(5-6-11)15(2)10(16)8-3-4-9(12)14-13-8/h3-4,7H,5H2,1-2H3,(H2,12,14). The molecule has 0 aliphatic heterocycles. The van der Waals surface area contributed by atoms with Gasteiger partial charge in [-0.2, -0.15) is 5.26 Å². The summed E-state index contributed by atoms with van der Waals surface area (Å²) in [6.45, 7) is 1.80. The number of nitriles is 1. The molecule has 1 amide bonds. The Bertz CT molecular complexity index is 408. The number of nitrogen functional groups attached to an aromatic ring is 1. The maximum atomic E-state index is 11.8. The van der Waals surface area contributed by atoms with E-state index in [0.717, 1.165) is 0 Å². The number of nitrogens with zero attached hydrogens (tertiary/aromatic N) is 4. The lowest BCUT2D eigenvalue weighted by Gasteiger charge is -2.22. The third-order valence-electron chi connectivity index (χ3n) is 2.27. The fraction of sp³-hybridized carbons (Fsp3) is 0.400. The van der Waals surface area contributed by atoms with Crippen molar-refractivity contribution in [3.05, 3.63) is 17.8 Å². The Kier molecular flexibility index (Phi) is 3.78. The SMILES string of the molecule is CC(CC#N)N(C)C(=O)c1ccc(N)nn1. The molecule has 0 saturated heterocycles. The minimum Gasteiger partial charge on any atom is -0.382 e. The Labute approximate surface area is 93.7 Å². The van der Waals surface area contributed by atoms with Crippen molar-refractivity contribution in [2.45, 2.75) is 19.4 Å². The second-order valence-corrected chi connectivity index (χ2v) is 3.47. The van der Waals surface area contributed by atoms with Gasteiger partial charge in [-0.05, 0) is 19.1 Å². The molecule has 0 radical (unpaired) electrons. The summed E-state index contributed by atoms with van der Waals surface area (Å²) in [4.78, 5) is 13.3. The molecule has 1 atom stereocenters. The van der Waals surface area contributed by atoms with E-state index in [0.29, 0.717) is 0 Å². The highest BCUT2D eigenvalue weighted by Gasteiger charge is 2.18. The van der Waals surface area contributed by atoms with E-state index < -0.39 is 0 Å². The number of hydrogen-bond acceptors (Lipinski definition) is 5. The smallest absolute Gasteiger partial charge is 0.274 e. The van der Waals surface area contributed by atoms with Gasteiger partial charge in [0.25, 0.3) is 5.91 Å². The Hall–Kier alpha value is -2.16. The van der Waals surface area contributed by atoms with Crippen LogP contribution in [-0.4, -0.2) is 34.1 Å². The minimum atomic E-state index is -0.268.